The van der Waals surface area contributed by atoms with Crippen LogP contribution in [0.5, 0.6) is 0 Å². The molecule has 0 aromatic rings. The Kier molecular flexibility index (Phi) is 5.05. The second-order valence-electron chi connectivity index (χ2n) is 4.61. The SMILES string of the molecule is CNC1CCN(CCCC(F)(F)F)C(C)C1. The molecular weight excluding hydrogens is 217 g/mol. The number of likely N-dealkylation sites (tertiary alicyclic amines) is 1. The van der Waals surface area contributed by atoms with Crippen LogP contribution in [0.15, 0.2) is 0 Å². The second-order valence-corrected chi connectivity index (χ2v) is 4.61. The van der Waals surface area contributed by atoms with Crippen LogP contribution in [0.25, 0.3) is 0 Å². The van der Waals surface area contributed by atoms with Crippen LogP contribution in [0.3, 0.4) is 0 Å². The van der Waals surface area contributed by atoms with E-state index in [0.717, 1.165) is 19.4 Å². The predicted molar refractivity (Wildman–Crippen MR) is 58.4 cm³/mol. The van der Waals surface area contributed by atoms with Gasteiger partial charge in [-0.2, -0.15) is 13.2 Å². The van der Waals surface area contributed by atoms with Gasteiger partial charge in [-0.25, -0.2) is 0 Å². The Labute approximate surface area is 95.2 Å². The van der Waals surface area contributed by atoms with Crippen LogP contribution in [-0.4, -0.2) is 43.3 Å². The van der Waals surface area contributed by atoms with Crippen molar-refractivity contribution in [2.75, 3.05) is 20.1 Å². The molecule has 1 heterocycles. The molecule has 0 bridgehead atoms. The number of nitrogens with zero attached hydrogens (tertiary/aromatic N) is 1. The van der Waals surface area contributed by atoms with E-state index in [1.54, 1.807) is 0 Å². The van der Waals surface area contributed by atoms with Crippen LogP contribution in [0.2, 0.25) is 0 Å². The van der Waals surface area contributed by atoms with Gasteiger partial charge in [-0.1, -0.05) is 0 Å². The topological polar surface area (TPSA) is 15.3 Å². The van der Waals surface area contributed by atoms with Crippen molar-refractivity contribution in [2.24, 2.45) is 0 Å². The summed E-state index contributed by atoms with van der Waals surface area (Å²) < 4.78 is 36.0. The Bertz CT molecular complexity index is 206. The van der Waals surface area contributed by atoms with E-state index in [4.69, 9.17) is 0 Å². The van der Waals surface area contributed by atoms with Crippen molar-refractivity contribution in [1.29, 1.82) is 0 Å². The third kappa shape index (κ3) is 4.70. The molecule has 1 aliphatic heterocycles. The van der Waals surface area contributed by atoms with E-state index in [0.29, 0.717) is 18.6 Å². The molecule has 1 fully saturated rings. The van der Waals surface area contributed by atoms with Crippen LogP contribution < -0.4 is 5.32 Å². The average molecular weight is 238 g/mol. The van der Waals surface area contributed by atoms with Crippen molar-refractivity contribution >= 4 is 0 Å². The molecule has 2 unspecified atom stereocenters. The normalized spacial score (nSPS) is 28.3. The number of alkyl halides is 3. The largest absolute Gasteiger partial charge is 0.389 e. The molecule has 0 spiro atoms. The predicted octanol–water partition coefficient (Wildman–Crippen LogP) is 2.40. The van der Waals surface area contributed by atoms with Gasteiger partial charge in [0, 0.05) is 18.5 Å². The maximum absolute atomic E-state index is 12.0. The minimum absolute atomic E-state index is 0.220. The molecule has 0 amide bonds. The molecule has 16 heavy (non-hydrogen) atoms. The highest BCUT2D eigenvalue weighted by Crippen LogP contribution is 2.23. The molecule has 5 heteroatoms. The molecule has 96 valence electrons. The third-order valence-electron chi connectivity index (χ3n) is 3.33. The van der Waals surface area contributed by atoms with Gasteiger partial charge in [0.15, 0.2) is 0 Å². The Morgan fingerprint density at radius 3 is 2.56 bits per heavy atom. The number of hydrogen-bond donors (Lipinski definition) is 1. The van der Waals surface area contributed by atoms with E-state index in [-0.39, 0.29) is 6.42 Å². The third-order valence-corrected chi connectivity index (χ3v) is 3.33. The minimum Gasteiger partial charge on any atom is -0.317 e. The van der Waals surface area contributed by atoms with Crippen molar-refractivity contribution in [3.63, 3.8) is 0 Å². The summed E-state index contributed by atoms with van der Waals surface area (Å²) in [6.07, 6.45) is -2.38. The summed E-state index contributed by atoms with van der Waals surface area (Å²) in [6.45, 7) is 3.57. The molecular formula is C11H21F3N2. The summed E-state index contributed by atoms with van der Waals surface area (Å²) in [4.78, 5) is 2.17. The van der Waals surface area contributed by atoms with Crippen LogP contribution in [-0.2, 0) is 0 Å². The number of rotatable bonds is 4. The highest BCUT2D eigenvalue weighted by Gasteiger charge is 2.28. The highest BCUT2D eigenvalue weighted by molar-refractivity contribution is 4.82. The fourth-order valence-electron chi connectivity index (χ4n) is 2.30. The first-order valence-electron chi connectivity index (χ1n) is 5.90. The van der Waals surface area contributed by atoms with Gasteiger partial charge in [0.05, 0.1) is 0 Å². The zero-order chi connectivity index (χ0) is 12.2. The molecule has 1 N–H and O–H groups in total. The van der Waals surface area contributed by atoms with Crippen LogP contribution in [0, 0.1) is 0 Å². The highest BCUT2D eigenvalue weighted by atomic mass is 19.4. The number of hydrogen-bond acceptors (Lipinski definition) is 2. The molecule has 2 nitrogen and oxygen atoms in total. The molecule has 0 aromatic carbocycles. The summed E-state index contributed by atoms with van der Waals surface area (Å²) in [5.41, 5.74) is 0. The molecule has 0 radical (unpaired) electrons. The number of halogens is 3. The first kappa shape index (κ1) is 13.8. The van der Waals surface area contributed by atoms with E-state index in [9.17, 15) is 13.2 Å². The molecule has 0 saturated carbocycles. The quantitative estimate of drug-likeness (QED) is 0.809. The van der Waals surface area contributed by atoms with Crippen molar-refractivity contribution in [1.82, 2.24) is 10.2 Å². The lowest BCUT2D eigenvalue weighted by molar-refractivity contribution is -0.136. The maximum atomic E-state index is 12.0. The summed E-state index contributed by atoms with van der Waals surface area (Å²) >= 11 is 0. The van der Waals surface area contributed by atoms with E-state index < -0.39 is 12.6 Å². The molecule has 0 aromatic heterocycles. The first-order chi connectivity index (χ1) is 7.42. The van der Waals surface area contributed by atoms with E-state index in [1.807, 2.05) is 7.05 Å². The second kappa shape index (κ2) is 5.87. The summed E-state index contributed by atoms with van der Waals surface area (Å²) in [6, 6.07) is 0.910. The lowest BCUT2D eigenvalue weighted by Crippen LogP contribution is -2.46. The minimum atomic E-state index is -4.01. The van der Waals surface area contributed by atoms with Crippen LogP contribution in [0.4, 0.5) is 13.2 Å². The molecule has 1 saturated heterocycles. The van der Waals surface area contributed by atoms with Gasteiger partial charge in [0.2, 0.25) is 0 Å². The number of piperidine rings is 1. The Morgan fingerprint density at radius 1 is 1.38 bits per heavy atom. The zero-order valence-electron chi connectivity index (χ0n) is 9.98. The lowest BCUT2D eigenvalue weighted by atomic mass is 9.98. The van der Waals surface area contributed by atoms with Crippen molar-refractivity contribution in [3.8, 4) is 0 Å². The first-order valence-corrected chi connectivity index (χ1v) is 5.90. The van der Waals surface area contributed by atoms with Gasteiger partial charge in [0.1, 0.15) is 0 Å². The Morgan fingerprint density at radius 2 is 2.06 bits per heavy atom. The standard InChI is InChI=1S/C11H21F3N2/c1-9-8-10(15-2)4-7-16(9)6-3-5-11(12,13)14/h9-10,15H,3-8H2,1-2H3. The zero-order valence-corrected chi connectivity index (χ0v) is 9.98. The molecule has 1 rings (SSSR count). The number of nitrogens with one attached hydrogen (secondary N) is 1. The summed E-state index contributed by atoms with van der Waals surface area (Å²) in [7, 11) is 1.94. The van der Waals surface area contributed by atoms with Gasteiger partial charge in [-0.05, 0) is 46.3 Å². The fraction of sp³-hybridized carbons (Fsp3) is 1.00. The van der Waals surface area contributed by atoms with Crippen LogP contribution in [0.1, 0.15) is 32.6 Å². The molecule has 1 aliphatic rings. The Hall–Kier alpha value is -0.290. The van der Waals surface area contributed by atoms with E-state index in [2.05, 4.69) is 17.1 Å². The fourth-order valence-corrected chi connectivity index (χ4v) is 2.30. The van der Waals surface area contributed by atoms with Gasteiger partial charge in [0.25, 0.3) is 0 Å². The van der Waals surface area contributed by atoms with Gasteiger partial charge in [-0.15, -0.1) is 0 Å². The lowest BCUT2D eigenvalue weighted by Gasteiger charge is -2.37. The summed E-state index contributed by atoms with van der Waals surface area (Å²) in [5, 5.41) is 3.23. The van der Waals surface area contributed by atoms with Gasteiger partial charge in [-0.3, -0.25) is 0 Å². The smallest absolute Gasteiger partial charge is 0.317 e. The van der Waals surface area contributed by atoms with Gasteiger partial charge >= 0.3 is 6.18 Å². The van der Waals surface area contributed by atoms with Gasteiger partial charge < -0.3 is 10.2 Å². The monoisotopic (exact) mass is 238 g/mol. The maximum Gasteiger partial charge on any atom is 0.389 e. The molecule has 2 atom stereocenters. The van der Waals surface area contributed by atoms with E-state index in [1.165, 1.54) is 0 Å². The molecule has 0 aliphatic carbocycles. The van der Waals surface area contributed by atoms with Crippen molar-refractivity contribution < 1.29 is 13.2 Å². The van der Waals surface area contributed by atoms with Crippen molar-refractivity contribution in [2.45, 2.75) is 50.9 Å². The van der Waals surface area contributed by atoms with E-state index >= 15 is 0 Å². The summed E-state index contributed by atoms with van der Waals surface area (Å²) in [5.74, 6) is 0. The van der Waals surface area contributed by atoms with Crippen molar-refractivity contribution in [3.05, 3.63) is 0 Å². The Balaban J connectivity index is 2.23. The van der Waals surface area contributed by atoms with Crippen LogP contribution >= 0.6 is 0 Å². The average Bonchev–Trinajstić information content (AvgIpc) is 2.18.